The van der Waals surface area contributed by atoms with Crippen LogP contribution in [0.1, 0.15) is 24.8 Å². The first kappa shape index (κ1) is 12.9. The number of aromatic amines is 1. The highest BCUT2D eigenvalue weighted by Gasteiger charge is 2.41. The molecule has 1 unspecified atom stereocenters. The van der Waals surface area contributed by atoms with Gasteiger partial charge in [0, 0.05) is 43.2 Å². The van der Waals surface area contributed by atoms with E-state index in [1.54, 1.807) is 0 Å². The molecule has 1 aromatic carbocycles. The molecule has 2 saturated heterocycles. The molecule has 1 spiro atoms. The van der Waals surface area contributed by atoms with E-state index >= 15 is 0 Å². The van der Waals surface area contributed by atoms with Crippen molar-refractivity contribution in [1.29, 1.82) is 0 Å². The molecule has 4 heteroatoms. The Balaban J connectivity index is 1.55. The number of hydrogen-bond acceptors (Lipinski definition) is 2. The number of aromatic nitrogens is 1. The lowest BCUT2D eigenvalue weighted by Gasteiger charge is -2.39. The summed E-state index contributed by atoms with van der Waals surface area (Å²) in [4.78, 5) is 17.5. The number of rotatable bonds is 2. The zero-order chi connectivity index (χ0) is 14.3. The highest BCUT2D eigenvalue weighted by Crippen LogP contribution is 2.38. The van der Waals surface area contributed by atoms with E-state index in [9.17, 15) is 4.79 Å². The third-order valence-corrected chi connectivity index (χ3v) is 4.92. The summed E-state index contributed by atoms with van der Waals surface area (Å²) in [6.07, 6.45) is 4.69. The van der Waals surface area contributed by atoms with Gasteiger partial charge in [0.05, 0.1) is 6.61 Å². The first-order valence-electron chi connectivity index (χ1n) is 7.66. The molecule has 1 atom stereocenters. The summed E-state index contributed by atoms with van der Waals surface area (Å²) in [7, 11) is 0. The summed E-state index contributed by atoms with van der Waals surface area (Å²) in [5, 5.41) is 1.20. The Morgan fingerprint density at radius 2 is 2.24 bits per heavy atom. The number of piperidine rings is 1. The summed E-state index contributed by atoms with van der Waals surface area (Å²) in [5.74, 6) is 0.279. The number of H-pyrrole nitrogens is 1. The van der Waals surface area contributed by atoms with Crippen LogP contribution in [0.5, 0.6) is 0 Å². The Morgan fingerprint density at radius 3 is 3.10 bits per heavy atom. The second-order valence-electron chi connectivity index (χ2n) is 6.45. The van der Waals surface area contributed by atoms with E-state index in [4.69, 9.17) is 4.74 Å². The van der Waals surface area contributed by atoms with E-state index in [1.807, 2.05) is 11.1 Å². The van der Waals surface area contributed by atoms with Gasteiger partial charge in [0.1, 0.15) is 0 Å². The predicted octanol–water partition coefficient (Wildman–Crippen LogP) is 2.70. The van der Waals surface area contributed by atoms with Crippen molar-refractivity contribution in [1.82, 2.24) is 9.88 Å². The largest absolute Gasteiger partial charge is 0.381 e. The van der Waals surface area contributed by atoms with Gasteiger partial charge in [0.2, 0.25) is 5.91 Å². The molecular formula is C17H20N2O2. The lowest BCUT2D eigenvalue weighted by Crippen LogP contribution is -2.46. The summed E-state index contributed by atoms with van der Waals surface area (Å²) < 4.78 is 5.58. The summed E-state index contributed by atoms with van der Waals surface area (Å²) >= 11 is 0. The van der Waals surface area contributed by atoms with Crippen LogP contribution < -0.4 is 0 Å². The van der Waals surface area contributed by atoms with Gasteiger partial charge in [-0.1, -0.05) is 6.07 Å². The third-order valence-electron chi connectivity index (χ3n) is 4.92. The number of likely N-dealkylation sites (tertiary alicyclic amines) is 1. The van der Waals surface area contributed by atoms with Crippen molar-refractivity contribution in [2.24, 2.45) is 5.41 Å². The average molecular weight is 284 g/mol. The standard InChI is InChI=1S/C17H20N2O2/c20-16-3-5-17(6-8-21-12-17)11-19(16)10-13-1-2-15-14(9-13)4-7-18-15/h1-2,4,7,9,18H,3,5-6,8,10-12H2. The van der Waals surface area contributed by atoms with Gasteiger partial charge < -0.3 is 14.6 Å². The van der Waals surface area contributed by atoms with Crippen molar-refractivity contribution < 1.29 is 9.53 Å². The van der Waals surface area contributed by atoms with E-state index in [0.29, 0.717) is 13.0 Å². The van der Waals surface area contributed by atoms with Crippen molar-refractivity contribution in [2.75, 3.05) is 19.8 Å². The van der Waals surface area contributed by atoms with E-state index in [-0.39, 0.29) is 11.3 Å². The van der Waals surface area contributed by atoms with Crippen LogP contribution >= 0.6 is 0 Å². The van der Waals surface area contributed by atoms with Crippen LogP contribution in [0.25, 0.3) is 10.9 Å². The molecule has 110 valence electrons. The molecule has 1 N–H and O–H groups in total. The van der Waals surface area contributed by atoms with Crippen LogP contribution in [0.15, 0.2) is 30.5 Å². The number of fused-ring (bicyclic) bond motifs is 1. The molecule has 4 rings (SSSR count). The van der Waals surface area contributed by atoms with Crippen LogP contribution in [-0.2, 0) is 16.1 Å². The molecule has 2 aromatic rings. The number of amides is 1. The number of benzene rings is 1. The Kier molecular flexibility index (Phi) is 3.00. The molecule has 4 nitrogen and oxygen atoms in total. The van der Waals surface area contributed by atoms with Gasteiger partial charge >= 0.3 is 0 Å². The van der Waals surface area contributed by atoms with E-state index < -0.39 is 0 Å². The number of ether oxygens (including phenoxy) is 1. The molecule has 0 saturated carbocycles. The molecule has 2 aliphatic rings. The van der Waals surface area contributed by atoms with Crippen LogP contribution in [-0.4, -0.2) is 35.5 Å². The Hall–Kier alpha value is -1.81. The van der Waals surface area contributed by atoms with Gasteiger partial charge in [-0.25, -0.2) is 0 Å². The molecule has 3 heterocycles. The second kappa shape index (κ2) is 4.88. The Labute approximate surface area is 124 Å². The summed E-state index contributed by atoms with van der Waals surface area (Å²) in [5.41, 5.74) is 2.56. The quantitative estimate of drug-likeness (QED) is 0.921. The van der Waals surface area contributed by atoms with E-state index in [2.05, 4.69) is 29.2 Å². The number of nitrogens with one attached hydrogen (secondary N) is 1. The second-order valence-corrected chi connectivity index (χ2v) is 6.45. The Morgan fingerprint density at radius 1 is 1.29 bits per heavy atom. The molecule has 21 heavy (non-hydrogen) atoms. The van der Waals surface area contributed by atoms with Gasteiger partial charge in [-0.3, -0.25) is 4.79 Å². The predicted molar refractivity (Wildman–Crippen MR) is 80.8 cm³/mol. The SMILES string of the molecule is O=C1CCC2(CCOC2)CN1Cc1ccc2[nH]ccc2c1. The van der Waals surface area contributed by atoms with E-state index in [1.165, 1.54) is 10.9 Å². The zero-order valence-corrected chi connectivity index (χ0v) is 12.1. The first-order chi connectivity index (χ1) is 10.2. The van der Waals surface area contributed by atoms with E-state index in [0.717, 1.165) is 38.1 Å². The third kappa shape index (κ3) is 2.33. The fraction of sp³-hybridized carbons (Fsp3) is 0.471. The molecule has 0 aliphatic carbocycles. The number of carbonyl (C=O) groups excluding carboxylic acids is 1. The van der Waals surface area contributed by atoms with Gasteiger partial charge in [0.25, 0.3) is 0 Å². The maximum absolute atomic E-state index is 12.2. The van der Waals surface area contributed by atoms with Gasteiger partial charge in [0.15, 0.2) is 0 Å². The fourth-order valence-corrected chi connectivity index (χ4v) is 3.64. The van der Waals surface area contributed by atoms with Crippen molar-refractivity contribution in [2.45, 2.75) is 25.8 Å². The van der Waals surface area contributed by atoms with Crippen molar-refractivity contribution in [3.05, 3.63) is 36.0 Å². The maximum Gasteiger partial charge on any atom is 0.222 e. The minimum absolute atomic E-state index is 0.214. The van der Waals surface area contributed by atoms with Crippen LogP contribution in [0.3, 0.4) is 0 Å². The van der Waals surface area contributed by atoms with Gasteiger partial charge in [-0.2, -0.15) is 0 Å². The molecular weight excluding hydrogens is 264 g/mol. The van der Waals surface area contributed by atoms with Gasteiger partial charge in [-0.05, 0) is 42.0 Å². The summed E-state index contributed by atoms with van der Waals surface area (Å²) in [6.45, 7) is 3.21. The number of hydrogen-bond donors (Lipinski definition) is 1. The smallest absolute Gasteiger partial charge is 0.222 e. The van der Waals surface area contributed by atoms with Crippen LogP contribution in [0, 0.1) is 5.41 Å². The van der Waals surface area contributed by atoms with Crippen LogP contribution in [0.4, 0.5) is 0 Å². The molecule has 1 aromatic heterocycles. The van der Waals surface area contributed by atoms with Crippen molar-refractivity contribution in [3.63, 3.8) is 0 Å². The lowest BCUT2D eigenvalue weighted by molar-refractivity contribution is -0.138. The average Bonchev–Trinajstić information content (AvgIpc) is 3.12. The maximum atomic E-state index is 12.2. The molecule has 2 fully saturated rings. The topological polar surface area (TPSA) is 45.3 Å². The number of nitrogens with zero attached hydrogens (tertiary/aromatic N) is 1. The lowest BCUT2D eigenvalue weighted by atomic mass is 9.79. The highest BCUT2D eigenvalue weighted by molar-refractivity contribution is 5.80. The molecule has 0 radical (unpaired) electrons. The van der Waals surface area contributed by atoms with Crippen molar-refractivity contribution in [3.8, 4) is 0 Å². The zero-order valence-electron chi connectivity index (χ0n) is 12.1. The molecule has 1 amide bonds. The van der Waals surface area contributed by atoms with Crippen LogP contribution in [0.2, 0.25) is 0 Å². The molecule has 0 bridgehead atoms. The minimum Gasteiger partial charge on any atom is -0.381 e. The normalized spacial score (nSPS) is 26.1. The minimum atomic E-state index is 0.214. The summed E-state index contributed by atoms with van der Waals surface area (Å²) in [6, 6.07) is 8.45. The monoisotopic (exact) mass is 284 g/mol. The fourth-order valence-electron chi connectivity index (χ4n) is 3.64. The first-order valence-corrected chi connectivity index (χ1v) is 7.66. The Bertz CT molecular complexity index is 670. The highest BCUT2D eigenvalue weighted by atomic mass is 16.5. The number of carbonyl (C=O) groups is 1. The van der Waals surface area contributed by atoms with Crippen molar-refractivity contribution >= 4 is 16.8 Å². The molecule has 2 aliphatic heterocycles. The van der Waals surface area contributed by atoms with Gasteiger partial charge in [-0.15, -0.1) is 0 Å².